The van der Waals surface area contributed by atoms with Crippen molar-refractivity contribution < 1.29 is 74.0 Å². The maximum atomic E-state index is 11.5. The summed E-state index contributed by atoms with van der Waals surface area (Å²) in [6.45, 7) is 11.3. The third-order valence-electron chi connectivity index (χ3n) is 17.5. The lowest BCUT2D eigenvalue weighted by Gasteiger charge is -2.59. The molecule has 9 aliphatic rings. The van der Waals surface area contributed by atoms with Crippen molar-refractivity contribution >= 4 is 0 Å². The van der Waals surface area contributed by atoms with Crippen LogP contribution in [0.2, 0.25) is 0 Å². The van der Waals surface area contributed by atoms with Gasteiger partial charge in [0.2, 0.25) is 0 Å². The third kappa shape index (κ3) is 7.19. The van der Waals surface area contributed by atoms with E-state index in [9.17, 15) is 40.9 Å². The molecule has 16 nitrogen and oxygen atoms in total. The normalized spacial score (nSPS) is 57.9. The van der Waals surface area contributed by atoms with E-state index in [1.54, 1.807) is 0 Å². The standard InChI is InChI=1S/C44H71NO15/c1-19-8-13-44(45-16-19)20(2)30-28(60-44)15-26-24-7-6-22-14-23(9-11-42(22,4)25(24)10-12-43(26,30)5)56-41-38(59-40-36(53)34(51)31(48)21(3)55-40)37(33(50)29(17-46)57-41)58-39-35(52)32(49)27(47)18-54-39/h6,19-21,23-41,45-53H,7-18H2,1-5H3/t19-,20+,21+,23+,24-,25+,26+,27-,28+,29-,30+,31+,32+,33-,34-,35-,36-,37+,38-,39+,40+,41-,42+,43+,44-/m1/s1. The summed E-state index contributed by atoms with van der Waals surface area (Å²) in [4.78, 5) is 0. The largest absolute Gasteiger partial charge is 0.394 e. The molecule has 0 aromatic carbocycles. The van der Waals surface area contributed by atoms with Crippen molar-refractivity contribution in [2.45, 2.75) is 196 Å². The lowest BCUT2D eigenvalue weighted by Crippen LogP contribution is -2.66. The second-order valence-corrected chi connectivity index (χ2v) is 20.8. The van der Waals surface area contributed by atoms with Crippen LogP contribution in [0.4, 0.5) is 0 Å². The van der Waals surface area contributed by atoms with E-state index in [0.717, 1.165) is 32.2 Å². The zero-order valence-electron chi connectivity index (χ0n) is 35.7. The predicted octanol–water partition coefficient (Wildman–Crippen LogP) is 0.426. The minimum atomic E-state index is -1.71. The minimum absolute atomic E-state index is 0.0115. The van der Waals surface area contributed by atoms with Crippen LogP contribution in [0.5, 0.6) is 0 Å². The Balaban J connectivity index is 0.932. The molecule has 0 unspecified atom stereocenters. The number of nitrogens with one attached hydrogen (secondary N) is 1. The van der Waals surface area contributed by atoms with Gasteiger partial charge in [-0.2, -0.15) is 0 Å². The van der Waals surface area contributed by atoms with Crippen LogP contribution >= 0.6 is 0 Å². The topological polar surface area (TPSA) is 238 Å². The Labute approximate surface area is 352 Å². The maximum Gasteiger partial charge on any atom is 0.187 e. The van der Waals surface area contributed by atoms with Crippen molar-refractivity contribution in [3.8, 4) is 0 Å². The van der Waals surface area contributed by atoms with Crippen LogP contribution in [0.15, 0.2) is 11.6 Å². The van der Waals surface area contributed by atoms with E-state index in [-0.39, 0.29) is 35.4 Å². The van der Waals surface area contributed by atoms with Gasteiger partial charge in [0.25, 0.3) is 0 Å². The Morgan fingerprint density at radius 1 is 0.767 bits per heavy atom. The number of aliphatic hydroxyl groups is 8. The molecule has 342 valence electrons. The fourth-order valence-corrected chi connectivity index (χ4v) is 13.9. The minimum Gasteiger partial charge on any atom is -0.394 e. The van der Waals surface area contributed by atoms with Gasteiger partial charge in [-0.25, -0.2) is 0 Å². The number of hydrogen-bond donors (Lipinski definition) is 9. The summed E-state index contributed by atoms with van der Waals surface area (Å²) >= 11 is 0. The second-order valence-electron chi connectivity index (χ2n) is 20.8. The van der Waals surface area contributed by atoms with E-state index in [1.165, 1.54) is 31.8 Å². The SMILES string of the molecule is C[C@@H]1CC[C@@]2(NC1)O[C@H]1C[C@H]3[C@@H]4CC=C5C[C@@H](O[C@@H]6O[C@H](CO)[C@@H](O)[C@H](O[C@@H]7OC[C@@H](O)[C@H](O)[C@H]7O)[C@H]6O[C@@H]6O[C@@H](C)[C@H](O)[C@@H](O)[C@H]6O)CC[C@]5(C)[C@H]4CC[C@]3(C)[C@H]1[C@@H]2C. The average Bonchev–Trinajstić information content (AvgIpc) is 3.68. The molecular weight excluding hydrogens is 782 g/mol. The van der Waals surface area contributed by atoms with Gasteiger partial charge in [-0.05, 0) is 105 Å². The van der Waals surface area contributed by atoms with Gasteiger partial charge >= 0.3 is 0 Å². The van der Waals surface area contributed by atoms with Crippen molar-refractivity contribution in [3.63, 3.8) is 0 Å². The molecule has 0 amide bonds. The molecule has 0 aromatic rings. The van der Waals surface area contributed by atoms with E-state index in [2.05, 4.69) is 39.1 Å². The summed E-state index contributed by atoms with van der Waals surface area (Å²) in [6, 6.07) is 0. The van der Waals surface area contributed by atoms with Gasteiger partial charge in [-0.15, -0.1) is 0 Å². The number of allylic oxidation sites excluding steroid dienone is 1. The highest BCUT2D eigenvalue weighted by atomic mass is 16.8. The van der Waals surface area contributed by atoms with E-state index >= 15 is 0 Å². The monoisotopic (exact) mass is 853 g/mol. The molecule has 8 fully saturated rings. The highest BCUT2D eigenvalue weighted by molar-refractivity contribution is 5.26. The Morgan fingerprint density at radius 3 is 2.25 bits per heavy atom. The zero-order chi connectivity index (χ0) is 42.6. The van der Waals surface area contributed by atoms with Gasteiger partial charge in [-0.1, -0.05) is 39.3 Å². The molecule has 3 saturated carbocycles. The predicted molar refractivity (Wildman–Crippen MR) is 210 cm³/mol. The van der Waals surface area contributed by atoms with Crippen LogP contribution in [0.25, 0.3) is 0 Å². The molecule has 0 radical (unpaired) electrons. The van der Waals surface area contributed by atoms with Crippen molar-refractivity contribution in [1.29, 1.82) is 0 Å². The Hall–Kier alpha value is -0.900. The number of piperidine rings is 1. The summed E-state index contributed by atoms with van der Waals surface area (Å²) in [5.41, 5.74) is 1.39. The van der Waals surface area contributed by atoms with E-state index < -0.39 is 92.6 Å². The van der Waals surface area contributed by atoms with E-state index in [4.69, 9.17) is 33.2 Å². The number of aliphatic hydroxyl groups excluding tert-OH is 8. The van der Waals surface area contributed by atoms with E-state index in [1.807, 2.05) is 0 Å². The lowest BCUT2D eigenvalue weighted by molar-refractivity contribution is -0.390. The smallest absolute Gasteiger partial charge is 0.187 e. The highest BCUT2D eigenvalue weighted by Gasteiger charge is 2.68. The first-order valence-corrected chi connectivity index (χ1v) is 22.9. The summed E-state index contributed by atoms with van der Waals surface area (Å²) in [7, 11) is 0. The third-order valence-corrected chi connectivity index (χ3v) is 17.5. The van der Waals surface area contributed by atoms with E-state index in [0.29, 0.717) is 48.3 Å². The molecule has 60 heavy (non-hydrogen) atoms. The van der Waals surface area contributed by atoms with Crippen LogP contribution in [-0.2, 0) is 33.2 Å². The van der Waals surface area contributed by atoms with Gasteiger partial charge in [0.05, 0.1) is 31.5 Å². The molecular formula is C44H71NO15. The van der Waals surface area contributed by atoms with Gasteiger partial charge < -0.3 is 74.0 Å². The molecule has 25 atom stereocenters. The van der Waals surface area contributed by atoms with Gasteiger partial charge in [0.1, 0.15) is 66.8 Å². The first kappa shape index (κ1) is 44.3. The maximum absolute atomic E-state index is 11.5. The molecule has 9 N–H and O–H groups in total. The summed E-state index contributed by atoms with van der Waals surface area (Å²) in [6.07, 6.45) is -9.06. The number of ether oxygens (including phenoxy) is 7. The second kappa shape index (κ2) is 16.5. The molecule has 16 heteroatoms. The van der Waals surface area contributed by atoms with Crippen LogP contribution in [0.3, 0.4) is 0 Å². The molecule has 5 saturated heterocycles. The van der Waals surface area contributed by atoms with Crippen molar-refractivity contribution in [2.24, 2.45) is 46.3 Å². The zero-order valence-corrected chi connectivity index (χ0v) is 35.7. The molecule has 0 aromatic heterocycles. The van der Waals surface area contributed by atoms with Crippen LogP contribution in [0.1, 0.15) is 92.4 Å². The molecule has 5 heterocycles. The number of hydrogen-bond acceptors (Lipinski definition) is 16. The van der Waals surface area contributed by atoms with Gasteiger partial charge in [-0.3, -0.25) is 5.32 Å². The average molecular weight is 854 g/mol. The molecule has 1 spiro atoms. The first-order chi connectivity index (χ1) is 28.5. The molecule has 4 aliphatic carbocycles. The van der Waals surface area contributed by atoms with Gasteiger partial charge in [0, 0.05) is 12.5 Å². The quantitative estimate of drug-likeness (QED) is 0.158. The van der Waals surface area contributed by atoms with Crippen molar-refractivity contribution in [1.82, 2.24) is 5.32 Å². The summed E-state index contributed by atoms with van der Waals surface area (Å²) < 4.78 is 43.7. The van der Waals surface area contributed by atoms with Crippen molar-refractivity contribution in [2.75, 3.05) is 19.8 Å². The van der Waals surface area contributed by atoms with Crippen LogP contribution in [-0.4, -0.2) is 165 Å². The van der Waals surface area contributed by atoms with Crippen molar-refractivity contribution in [3.05, 3.63) is 11.6 Å². The Morgan fingerprint density at radius 2 is 1.52 bits per heavy atom. The highest BCUT2D eigenvalue weighted by Crippen LogP contribution is 2.70. The number of rotatable bonds is 7. The fraction of sp³-hybridized carbons (Fsp3) is 0.955. The molecule has 0 bridgehead atoms. The summed E-state index contributed by atoms with van der Waals surface area (Å²) in [5, 5.41) is 89.0. The molecule has 5 aliphatic heterocycles. The summed E-state index contributed by atoms with van der Waals surface area (Å²) in [5.74, 6) is 3.41. The Kier molecular flexibility index (Phi) is 12.2. The molecule has 9 rings (SSSR count). The van der Waals surface area contributed by atoms with Crippen LogP contribution in [0, 0.1) is 46.3 Å². The number of fused-ring (bicyclic) bond motifs is 7. The first-order valence-electron chi connectivity index (χ1n) is 22.9. The lowest BCUT2D eigenvalue weighted by atomic mass is 9.47. The fourth-order valence-electron chi connectivity index (χ4n) is 13.9. The Bertz CT molecular complexity index is 1560. The van der Waals surface area contributed by atoms with Gasteiger partial charge in [0.15, 0.2) is 18.9 Å². The van der Waals surface area contributed by atoms with Crippen LogP contribution < -0.4 is 5.32 Å².